The third kappa shape index (κ3) is 6.92. The largest absolute Gasteiger partial charge is 0.417 e. The minimum Gasteiger partial charge on any atom is -0.288 e. The van der Waals surface area contributed by atoms with E-state index in [0.717, 1.165) is 30.3 Å². The molecule has 0 bridgehead atoms. The summed E-state index contributed by atoms with van der Waals surface area (Å²) in [5, 5.41) is -0.528. The number of carbonyl (C=O) groups is 1. The average molecular weight is 542 g/mol. The molecule has 0 heterocycles. The molecule has 0 saturated carbocycles. The fraction of sp³-hybridized carbons (Fsp3) is 0.211. The van der Waals surface area contributed by atoms with Gasteiger partial charge in [-0.2, -0.15) is 26.3 Å². The van der Waals surface area contributed by atoms with Gasteiger partial charge in [-0.25, -0.2) is 5.43 Å². The maximum atomic E-state index is 13.6. The summed E-state index contributed by atoms with van der Waals surface area (Å²) in [5.74, 6) is -3.27. The first-order chi connectivity index (χ1) is 14.3. The summed E-state index contributed by atoms with van der Waals surface area (Å²) in [4.78, 5) is 11.8. The van der Waals surface area contributed by atoms with Crippen LogP contribution in [0, 0.1) is 0 Å². The molecule has 0 aromatic heterocycles. The highest BCUT2D eigenvalue weighted by atomic mass is 35.5. The Morgan fingerprint density at radius 2 is 1.56 bits per heavy atom. The van der Waals surface area contributed by atoms with Crippen LogP contribution in [0.1, 0.15) is 33.0 Å². The lowest BCUT2D eigenvalue weighted by Crippen LogP contribution is -2.35. The Morgan fingerprint density at radius 3 is 2.03 bits per heavy atom. The van der Waals surface area contributed by atoms with Crippen molar-refractivity contribution in [3.05, 3.63) is 73.7 Å². The van der Waals surface area contributed by atoms with E-state index in [1.807, 2.05) is 5.43 Å². The first kappa shape index (κ1) is 28.4. The minimum absolute atomic E-state index is 0. The van der Waals surface area contributed by atoms with E-state index in [4.69, 9.17) is 34.8 Å². The second-order valence-corrected chi connectivity index (χ2v) is 7.38. The van der Waals surface area contributed by atoms with E-state index in [2.05, 4.69) is 5.43 Å². The molecule has 0 fully saturated rings. The number of hydrogen-bond acceptors (Lipinski definition) is 2. The molecule has 0 radical (unpaired) electrons. The topological polar surface area (TPSA) is 41.1 Å². The van der Waals surface area contributed by atoms with Gasteiger partial charge in [0.05, 0.1) is 32.1 Å². The van der Waals surface area contributed by atoms with E-state index in [1.54, 1.807) is 0 Å². The number of hydrazine groups is 1. The van der Waals surface area contributed by atoms with Crippen molar-refractivity contribution in [2.75, 3.05) is 7.05 Å². The molecule has 0 aliphatic rings. The molecule has 2 aromatic carbocycles. The zero-order chi connectivity index (χ0) is 23.6. The first-order valence-electron chi connectivity index (χ1n) is 8.33. The van der Waals surface area contributed by atoms with Crippen molar-refractivity contribution in [1.29, 1.82) is 0 Å². The Hall–Kier alpha value is -1.65. The highest BCUT2D eigenvalue weighted by molar-refractivity contribution is 6.48. The third-order valence-corrected chi connectivity index (χ3v) is 5.23. The third-order valence-electron chi connectivity index (χ3n) is 4.03. The monoisotopic (exact) mass is 540 g/mol. The van der Waals surface area contributed by atoms with E-state index < -0.39 is 35.3 Å². The summed E-state index contributed by atoms with van der Waals surface area (Å²) in [6, 6.07) is 4.49. The lowest BCUT2D eigenvalue weighted by Gasteiger charge is -2.18. The molecular formula is C19H14Cl4F6N2O. The summed E-state index contributed by atoms with van der Waals surface area (Å²) >= 11 is 17.4. The molecule has 32 heavy (non-hydrogen) atoms. The van der Waals surface area contributed by atoms with E-state index in [-0.39, 0.29) is 38.6 Å². The Balaban J connectivity index is 0.00000512. The Morgan fingerprint density at radius 1 is 1.00 bits per heavy atom. The van der Waals surface area contributed by atoms with Gasteiger partial charge in [0.1, 0.15) is 0 Å². The number of benzene rings is 2. The van der Waals surface area contributed by atoms with E-state index in [0.29, 0.717) is 12.1 Å². The summed E-state index contributed by atoms with van der Waals surface area (Å²) in [5.41, 5.74) is 1.68. The average Bonchev–Trinajstić information content (AvgIpc) is 2.64. The molecule has 0 saturated heterocycles. The number of amides is 1. The molecule has 0 spiro atoms. The van der Waals surface area contributed by atoms with Gasteiger partial charge >= 0.3 is 12.4 Å². The van der Waals surface area contributed by atoms with Crippen molar-refractivity contribution < 1.29 is 31.1 Å². The lowest BCUT2D eigenvalue weighted by molar-refractivity contribution is -0.139. The standard InChI is InChI=1S/C19H13Cl3F6N2O.ClH/c1-29-30-17(31)11-4-2-9(6-13(11)19(26,27)28)3-5-12(18(23,24)25)10-7-14(20)16(22)15(21)8-10;/h2-8,12,29H,1H3,(H,30,31);1H. The van der Waals surface area contributed by atoms with E-state index in [1.165, 1.54) is 7.05 Å². The van der Waals surface area contributed by atoms with Crippen molar-refractivity contribution in [2.24, 2.45) is 0 Å². The fourth-order valence-corrected chi connectivity index (χ4v) is 3.26. The molecular weight excluding hydrogens is 528 g/mol. The quantitative estimate of drug-likeness (QED) is 0.237. The summed E-state index contributed by atoms with van der Waals surface area (Å²) in [6.45, 7) is 0. The van der Waals surface area contributed by atoms with E-state index >= 15 is 0 Å². The van der Waals surface area contributed by atoms with Gasteiger partial charge in [-0.05, 0) is 35.4 Å². The van der Waals surface area contributed by atoms with Crippen LogP contribution < -0.4 is 10.9 Å². The lowest BCUT2D eigenvalue weighted by atomic mass is 9.96. The normalized spacial score (nSPS) is 13.1. The molecule has 176 valence electrons. The van der Waals surface area contributed by atoms with Gasteiger partial charge < -0.3 is 0 Å². The zero-order valence-electron chi connectivity index (χ0n) is 15.8. The van der Waals surface area contributed by atoms with Crippen LogP contribution in [0.4, 0.5) is 26.3 Å². The van der Waals surface area contributed by atoms with Crippen LogP contribution in [0.25, 0.3) is 6.08 Å². The van der Waals surface area contributed by atoms with Crippen molar-refractivity contribution >= 4 is 59.2 Å². The molecule has 1 unspecified atom stereocenters. The van der Waals surface area contributed by atoms with Gasteiger partial charge in [0, 0.05) is 7.05 Å². The predicted octanol–water partition coefficient (Wildman–Crippen LogP) is 7.31. The fourth-order valence-electron chi connectivity index (χ4n) is 2.65. The highest BCUT2D eigenvalue weighted by Crippen LogP contribution is 2.41. The molecule has 2 rings (SSSR count). The Kier molecular flexibility index (Phi) is 9.74. The summed E-state index contributed by atoms with van der Waals surface area (Å²) < 4.78 is 80.8. The Labute approximate surface area is 200 Å². The molecule has 13 heteroatoms. The van der Waals surface area contributed by atoms with Gasteiger partial charge in [-0.3, -0.25) is 10.2 Å². The van der Waals surface area contributed by atoms with Crippen LogP contribution in [-0.2, 0) is 6.18 Å². The SMILES string of the molecule is CNNC(=O)c1ccc(C=CC(c2cc(Cl)c(Cl)c(Cl)c2)C(F)(F)F)cc1C(F)(F)F.Cl. The van der Waals surface area contributed by atoms with Crippen LogP contribution in [0.3, 0.4) is 0 Å². The Bertz CT molecular complexity index is 985. The van der Waals surface area contributed by atoms with Gasteiger partial charge in [-0.15, -0.1) is 12.4 Å². The summed E-state index contributed by atoms with van der Waals surface area (Å²) in [7, 11) is 1.29. The van der Waals surface area contributed by atoms with Gasteiger partial charge in [0.2, 0.25) is 0 Å². The molecule has 3 nitrogen and oxygen atoms in total. The second-order valence-electron chi connectivity index (χ2n) is 6.18. The number of alkyl halides is 6. The van der Waals surface area contributed by atoms with Crippen LogP contribution in [0.2, 0.25) is 15.1 Å². The van der Waals surface area contributed by atoms with Crippen molar-refractivity contribution in [3.8, 4) is 0 Å². The van der Waals surface area contributed by atoms with Gasteiger partial charge in [0.15, 0.2) is 0 Å². The number of rotatable bonds is 5. The minimum atomic E-state index is -4.91. The smallest absolute Gasteiger partial charge is 0.288 e. The van der Waals surface area contributed by atoms with Crippen molar-refractivity contribution in [1.82, 2.24) is 10.9 Å². The van der Waals surface area contributed by atoms with Crippen LogP contribution in [-0.4, -0.2) is 19.1 Å². The molecule has 1 amide bonds. The predicted molar refractivity (Wildman–Crippen MR) is 115 cm³/mol. The number of hydrogen-bond donors (Lipinski definition) is 2. The number of halogens is 10. The molecule has 0 aliphatic heterocycles. The highest BCUT2D eigenvalue weighted by Gasteiger charge is 2.39. The zero-order valence-corrected chi connectivity index (χ0v) is 18.9. The molecule has 1 atom stereocenters. The maximum Gasteiger partial charge on any atom is 0.417 e. The molecule has 0 aliphatic carbocycles. The van der Waals surface area contributed by atoms with Crippen molar-refractivity contribution in [2.45, 2.75) is 18.3 Å². The van der Waals surface area contributed by atoms with E-state index in [9.17, 15) is 31.1 Å². The van der Waals surface area contributed by atoms with Crippen LogP contribution in [0.15, 0.2) is 36.4 Å². The summed E-state index contributed by atoms with van der Waals surface area (Å²) in [6.07, 6.45) is -8.18. The molecule has 2 aromatic rings. The second kappa shape index (κ2) is 11.0. The van der Waals surface area contributed by atoms with Gasteiger partial charge in [-0.1, -0.05) is 53.0 Å². The van der Waals surface area contributed by atoms with Gasteiger partial charge in [0.25, 0.3) is 5.91 Å². The number of allylic oxidation sites excluding steroid dienone is 1. The van der Waals surface area contributed by atoms with Crippen LogP contribution in [0.5, 0.6) is 0 Å². The van der Waals surface area contributed by atoms with Crippen LogP contribution >= 0.6 is 47.2 Å². The number of carbonyl (C=O) groups excluding carboxylic acids is 1. The van der Waals surface area contributed by atoms with Crippen molar-refractivity contribution in [3.63, 3.8) is 0 Å². The molecule has 2 N–H and O–H groups in total. The maximum absolute atomic E-state index is 13.6. The first-order valence-corrected chi connectivity index (χ1v) is 9.46. The number of nitrogens with one attached hydrogen (secondary N) is 2.